The van der Waals surface area contributed by atoms with Crippen molar-refractivity contribution in [1.82, 2.24) is 15.5 Å². The summed E-state index contributed by atoms with van der Waals surface area (Å²) >= 11 is 0. The highest BCUT2D eigenvalue weighted by atomic mass is 127. The van der Waals surface area contributed by atoms with Crippen LogP contribution >= 0.6 is 24.0 Å². The highest BCUT2D eigenvalue weighted by molar-refractivity contribution is 14.0. The SMILES string of the molecule is CCNC(=NCC1(C(=O)N(C)C)CCCC1)NCCCCCOC.I. The molecule has 0 aromatic carbocycles. The van der Waals surface area contributed by atoms with Crippen LogP contribution in [0.2, 0.25) is 0 Å². The minimum absolute atomic E-state index is 0. The van der Waals surface area contributed by atoms with Crippen molar-refractivity contribution in [3.8, 4) is 0 Å². The van der Waals surface area contributed by atoms with E-state index in [0.717, 1.165) is 70.6 Å². The number of hydrogen-bond acceptors (Lipinski definition) is 3. The Morgan fingerprint density at radius 3 is 2.40 bits per heavy atom. The third-order valence-corrected chi connectivity index (χ3v) is 4.62. The number of nitrogens with one attached hydrogen (secondary N) is 2. The minimum Gasteiger partial charge on any atom is -0.385 e. The Kier molecular flexibility index (Phi) is 13.3. The summed E-state index contributed by atoms with van der Waals surface area (Å²) in [5, 5.41) is 6.66. The zero-order chi connectivity index (χ0) is 17.8. The van der Waals surface area contributed by atoms with Crippen LogP contribution in [0.1, 0.15) is 51.9 Å². The van der Waals surface area contributed by atoms with Crippen LogP contribution < -0.4 is 10.6 Å². The number of rotatable bonds is 10. The van der Waals surface area contributed by atoms with E-state index < -0.39 is 0 Å². The summed E-state index contributed by atoms with van der Waals surface area (Å²) in [6.45, 7) is 5.17. The van der Waals surface area contributed by atoms with E-state index in [1.54, 1.807) is 12.0 Å². The summed E-state index contributed by atoms with van der Waals surface area (Å²) in [5.74, 6) is 1.04. The molecule has 1 fully saturated rings. The molecule has 0 spiro atoms. The van der Waals surface area contributed by atoms with Gasteiger partial charge in [-0.25, -0.2) is 0 Å². The number of carbonyl (C=O) groups excluding carboxylic acids is 1. The van der Waals surface area contributed by atoms with Crippen LogP contribution in [0.5, 0.6) is 0 Å². The smallest absolute Gasteiger partial charge is 0.230 e. The fourth-order valence-electron chi connectivity index (χ4n) is 3.29. The van der Waals surface area contributed by atoms with Crippen LogP contribution in [-0.2, 0) is 9.53 Å². The minimum atomic E-state index is -0.301. The van der Waals surface area contributed by atoms with Crippen LogP contribution in [0.25, 0.3) is 0 Å². The number of guanidine groups is 1. The van der Waals surface area contributed by atoms with Crippen LogP contribution in [0.15, 0.2) is 4.99 Å². The molecule has 0 heterocycles. The second kappa shape index (κ2) is 13.6. The van der Waals surface area contributed by atoms with Gasteiger partial charge in [0, 0.05) is 40.9 Å². The van der Waals surface area contributed by atoms with E-state index >= 15 is 0 Å². The van der Waals surface area contributed by atoms with Crippen molar-refractivity contribution in [2.75, 3.05) is 47.4 Å². The van der Waals surface area contributed by atoms with Gasteiger partial charge in [-0.05, 0) is 39.0 Å². The van der Waals surface area contributed by atoms with Gasteiger partial charge in [0.25, 0.3) is 0 Å². The van der Waals surface area contributed by atoms with E-state index in [1.807, 2.05) is 14.1 Å². The Morgan fingerprint density at radius 1 is 1.16 bits per heavy atom. The fourth-order valence-corrected chi connectivity index (χ4v) is 3.29. The van der Waals surface area contributed by atoms with E-state index in [-0.39, 0.29) is 35.3 Å². The molecule has 0 bridgehead atoms. The number of unbranched alkanes of at least 4 members (excludes halogenated alkanes) is 2. The van der Waals surface area contributed by atoms with Crippen molar-refractivity contribution in [3.05, 3.63) is 0 Å². The zero-order valence-corrected chi connectivity index (χ0v) is 18.7. The molecule has 7 heteroatoms. The lowest BCUT2D eigenvalue weighted by Gasteiger charge is -2.29. The van der Waals surface area contributed by atoms with E-state index in [9.17, 15) is 4.79 Å². The Hall–Kier alpha value is -0.570. The molecule has 0 unspecified atom stereocenters. The number of ether oxygens (including phenoxy) is 1. The molecule has 1 aliphatic carbocycles. The predicted molar refractivity (Wildman–Crippen MR) is 115 cm³/mol. The van der Waals surface area contributed by atoms with Crippen LogP contribution in [0.3, 0.4) is 0 Å². The van der Waals surface area contributed by atoms with Gasteiger partial charge in [-0.3, -0.25) is 9.79 Å². The molecule has 2 N–H and O–H groups in total. The lowest BCUT2D eigenvalue weighted by molar-refractivity contribution is -0.138. The van der Waals surface area contributed by atoms with Crippen molar-refractivity contribution in [2.24, 2.45) is 10.4 Å². The van der Waals surface area contributed by atoms with Crippen molar-refractivity contribution >= 4 is 35.8 Å². The lowest BCUT2D eigenvalue weighted by Crippen LogP contribution is -2.43. The standard InChI is InChI=1S/C18H36N4O2.HI/c1-5-19-17(20-13-9-6-10-14-24-4)21-15-18(11-7-8-12-18)16(23)22(2)3;/h5-15H2,1-4H3,(H2,19,20,21);1H. The van der Waals surface area contributed by atoms with Gasteiger partial charge in [-0.2, -0.15) is 0 Å². The first-order valence-corrected chi connectivity index (χ1v) is 9.28. The number of methoxy groups -OCH3 is 1. The van der Waals surface area contributed by atoms with E-state index in [2.05, 4.69) is 17.6 Å². The molecule has 0 atom stereocenters. The molecule has 1 aliphatic rings. The summed E-state index contributed by atoms with van der Waals surface area (Å²) in [6, 6.07) is 0. The van der Waals surface area contributed by atoms with Gasteiger partial charge < -0.3 is 20.3 Å². The second-order valence-corrected chi connectivity index (χ2v) is 6.86. The Bertz CT molecular complexity index is 397. The highest BCUT2D eigenvalue weighted by Gasteiger charge is 2.41. The molecular weight excluding hydrogens is 431 g/mol. The summed E-state index contributed by atoms with van der Waals surface area (Å²) in [5.41, 5.74) is -0.301. The number of carbonyl (C=O) groups is 1. The molecule has 1 saturated carbocycles. The van der Waals surface area contributed by atoms with Gasteiger partial charge in [0.15, 0.2) is 5.96 Å². The lowest BCUT2D eigenvalue weighted by atomic mass is 9.85. The molecule has 148 valence electrons. The zero-order valence-electron chi connectivity index (χ0n) is 16.4. The summed E-state index contributed by atoms with van der Waals surface area (Å²) in [7, 11) is 5.42. The molecule has 1 amide bonds. The molecule has 0 aliphatic heterocycles. The average Bonchev–Trinajstić information content (AvgIpc) is 3.05. The van der Waals surface area contributed by atoms with Gasteiger partial charge in [-0.15, -0.1) is 24.0 Å². The first-order valence-electron chi connectivity index (χ1n) is 9.28. The number of nitrogens with zero attached hydrogens (tertiary/aromatic N) is 2. The van der Waals surface area contributed by atoms with Crippen molar-refractivity contribution < 1.29 is 9.53 Å². The summed E-state index contributed by atoms with van der Waals surface area (Å²) in [4.78, 5) is 19.0. The maximum absolute atomic E-state index is 12.6. The highest BCUT2D eigenvalue weighted by Crippen LogP contribution is 2.39. The molecule has 0 aromatic rings. The normalized spacial score (nSPS) is 16.2. The van der Waals surface area contributed by atoms with Crippen molar-refractivity contribution in [3.63, 3.8) is 0 Å². The summed E-state index contributed by atoms with van der Waals surface area (Å²) in [6.07, 6.45) is 7.47. The number of hydrogen-bond donors (Lipinski definition) is 2. The van der Waals surface area contributed by atoms with Gasteiger partial charge in [-0.1, -0.05) is 12.8 Å². The second-order valence-electron chi connectivity index (χ2n) is 6.86. The van der Waals surface area contributed by atoms with E-state index in [4.69, 9.17) is 9.73 Å². The summed E-state index contributed by atoms with van der Waals surface area (Å²) < 4.78 is 5.06. The van der Waals surface area contributed by atoms with Crippen LogP contribution in [-0.4, -0.2) is 64.2 Å². The van der Waals surface area contributed by atoms with Crippen molar-refractivity contribution in [2.45, 2.75) is 51.9 Å². The maximum atomic E-state index is 12.6. The number of halogens is 1. The topological polar surface area (TPSA) is 66.0 Å². The quantitative estimate of drug-likeness (QED) is 0.224. The molecule has 1 rings (SSSR count). The first-order chi connectivity index (χ1) is 11.6. The van der Waals surface area contributed by atoms with Gasteiger partial charge in [0.2, 0.25) is 5.91 Å². The molecule has 25 heavy (non-hydrogen) atoms. The van der Waals surface area contributed by atoms with Gasteiger partial charge in [0.05, 0.1) is 12.0 Å². The Balaban J connectivity index is 0.00000576. The number of aliphatic imine (C=N–C) groups is 1. The fraction of sp³-hybridized carbons (Fsp3) is 0.889. The molecule has 0 saturated heterocycles. The molecule has 0 aromatic heterocycles. The first kappa shape index (κ1) is 24.4. The Labute approximate surface area is 170 Å². The largest absolute Gasteiger partial charge is 0.385 e. The van der Waals surface area contributed by atoms with Gasteiger partial charge in [0.1, 0.15) is 0 Å². The van der Waals surface area contributed by atoms with E-state index in [0.29, 0.717) is 6.54 Å². The Morgan fingerprint density at radius 2 is 1.84 bits per heavy atom. The predicted octanol–water partition coefficient (Wildman–Crippen LogP) is 2.62. The third kappa shape index (κ3) is 8.57. The van der Waals surface area contributed by atoms with Gasteiger partial charge >= 0.3 is 0 Å². The average molecular weight is 468 g/mol. The monoisotopic (exact) mass is 468 g/mol. The van der Waals surface area contributed by atoms with Crippen molar-refractivity contribution in [1.29, 1.82) is 0 Å². The van der Waals surface area contributed by atoms with Crippen LogP contribution in [0.4, 0.5) is 0 Å². The van der Waals surface area contributed by atoms with E-state index in [1.165, 1.54) is 0 Å². The number of amides is 1. The van der Waals surface area contributed by atoms with Crippen LogP contribution in [0, 0.1) is 5.41 Å². The molecule has 6 nitrogen and oxygen atoms in total. The molecule has 0 radical (unpaired) electrons. The molecular formula is C18H37IN4O2. The third-order valence-electron chi connectivity index (χ3n) is 4.62. The maximum Gasteiger partial charge on any atom is 0.230 e.